The Kier molecular flexibility index (Phi) is 2.74. The summed E-state index contributed by atoms with van der Waals surface area (Å²) in [5.74, 6) is 5.97. The van der Waals surface area contributed by atoms with Gasteiger partial charge in [-0.15, -0.1) is 0 Å². The molecule has 0 saturated heterocycles. The molecule has 3 rings (SSSR count). The number of anilines is 2. The molecule has 0 spiro atoms. The van der Waals surface area contributed by atoms with E-state index in [0.29, 0.717) is 11.7 Å². The van der Waals surface area contributed by atoms with Gasteiger partial charge in [-0.25, -0.2) is 5.84 Å². The average Bonchev–Trinajstić information content (AvgIpc) is 2.44. The lowest BCUT2D eigenvalue weighted by atomic mass is 10.1. The Labute approximate surface area is 111 Å². The summed E-state index contributed by atoms with van der Waals surface area (Å²) in [6.07, 6.45) is 0. The van der Waals surface area contributed by atoms with Crippen molar-refractivity contribution in [3.05, 3.63) is 60.2 Å². The third-order valence-electron chi connectivity index (χ3n) is 3.05. The van der Waals surface area contributed by atoms with E-state index in [1.807, 2.05) is 36.4 Å². The SMILES string of the molecule is NN1CN(c2ccccc2)c2ccccc2C1=S. The third kappa shape index (κ3) is 1.75. The van der Waals surface area contributed by atoms with E-state index in [9.17, 15) is 0 Å². The van der Waals surface area contributed by atoms with Crippen molar-refractivity contribution in [1.29, 1.82) is 0 Å². The van der Waals surface area contributed by atoms with E-state index in [-0.39, 0.29) is 0 Å². The Morgan fingerprint density at radius 1 is 0.944 bits per heavy atom. The summed E-state index contributed by atoms with van der Waals surface area (Å²) in [5, 5.41) is 1.60. The van der Waals surface area contributed by atoms with Crippen LogP contribution in [0, 0.1) is 0 Å². The van der Waals surface area contributed by atoms with Gasteiger partial charge in [-0.05, 0) is 24.3 Å². The van der Waals surface area contributed by atoms with Crippen LogP contribution in [-0.2, 0) is 0 Å². The maximum atomic E-state index is 5.97. The predicted molar refractivity (Wildman–Crippen MR) is 77.6 cm³/mol. The molecule has 1 aliphatic heterocycles. The van der Waals surface area contributed by atoms with Gasteiger partial charge < -0.3 is 4.90 Å². The zero-order valence-electron chi connectivity index (χ0n) is 9.78. The first-order chi connectivity index (χ1) is 8.77. The van der Waals surface area contributed by atoms with Gasteiger partial charge in [0.15, 0.2) is 0 Å². The third-order valence-corrected chi connectivity index (χ3v) is 3.50. The number of hydrazine groups is 1. The van der Waals surface area contributed by atoms with Crippen molar-refractivity contribution in [2.45, 2.75) is 0 Å². The van der Waals surface area contributed by atoms with Gasteiger partial charge in [-0.1, -0.05) is 42.5 Å². The molecule has 0 bridgehead atoms. The Balaban J connectivity index is 2.13. The summed E-state index contributed by atoms with van der Waals surface area (Å²) < 4.78 is 0. The van der Waals surface area contributed by atoms with Crippen LogP contribution in [0.2, 0.25) is 0 Å². The molecule has 90 valence electrons. The van der Waals surface area contributed by atoms with Gasteiger partial charge in [0.05, 0.1) is 5.69 Å². The lowest BCUT2D eigenvalue weighted by Crippen LogP contribution is -2.48. The first kappa shape index (κ1) is 11.2. The summed E-state index contributed by atoms with van der Waals surface area (Å²) in [7, 11) is 0. The fraction of sp³-hybridized carbons (Fsp3) is 0.0714. The van der Waals surface area contributed by atoms with E-state index in [1.165, 1.54) is 0 Å². The lowest BCUT2D eigenvalue weighted by molar-refractivity contribution is 0.449. The molecule has 1 aliphatic rings. The highest BCUT2D eigenvalue weighted by atomic mass is 32.1. The molecule has 2 N–H and O–H groups in total. The molecule has 2 aromatic carbocycles. The molecule has 18 heavy (non-hydrogen) atoms. The molecule has 4 heteroatoms. The molecule has 1 heterocycles. The maximum Gasteiger partial charge on any atom is 0.127 e. The molecule has 0 unspecified atom stereocenters. The Morgan fingerprint density at radius 2 is 1.61 bits per heavy atom. The van der Waals surface area contributed by atoms with E-state index in [0.717, 1.165) is 16.9 Å². The number of benzene rings is 2. The fourth-order valence-corrected chi connectivity index (χ4v) is 2.40. The molecule has 0 fully saturated rings. The van der Waals surface area contributed by atoms with Crippen LogP contribution in [-0.4, -0.2) is 16.7 Å². The van der Waals surface area contributed by atoms with Crippen molar-refractivity contribution in [3.63, 3.8) is 0 Å². The van der Waals surface area contributed by atoms with Crippen LogP contribution in [0.5, 0.6) is 0 Å². The summed E-state index contributed by atoms with van der Waals surface area (Å²) in [6.45, 7) is 0.569. The number of nitrogens with zero attached hydrogens (tertiary/aromatic N) is 2. The minimum atomic E-state index is 0.569. The lowest BCUT2D eigenvalue weighted by Gasteiger charge is -2.37. The second kappa shape index (κ2) is 4.40. The smallest absolute Gasteiger partial charge is 0.127 e. The zero-order valence-corrected chi connectivity index (χ0v) is 10.6. The quantitative estimate of drug-likeness (QED) is 0.627. The molecule has 0 amide bonds. The maximum absolute atomic E-state index is 5.97. The largest absolute Gasteiger partial charge is 0.321 e. The first-order valence-electron chi connectivity index (χ1n) is 5.75. The molecule has 0 radical (unpaired) electrons. The second-order valence-electron chi connectivity index (χ2n) is 4.20. The molecule has 0 aliphatic carbocycles. The van der Waals surface area contributed by atoms with Gasteiger partial charge in [-0.3, -0.25) is 5.01 Å². The number of thiocarbonyl (C=S) groups is 1. The van der Waals surface area contributed by atoms with Gasteiger partial charge >= 0.3 is 0 Å². The van der Waals surface area contributed by atoms with Gasteiger partial charge in [-0.2, -0.15) is 0 Å². The van der Waals surface area contributed by atoms with Crippen molar-refractivity contribution in [2.75, 3.05) is 11.6 Å². The number of hydrogen-bond donors (Lipinski definition) is 1. The summed E-state index contributed by atoms with van der Waals surface area (Å²) in [4.78, 5) is 2.85. The van der Waals surface area contributed by atoms with E-state index < -0.39 is 0 Å². The minimum Gasteiger partial charge on any atom is -0.321 e. The normalized spacial score (nSPS) is 14.6. The van der Waals surface area contributed by atoms with E-state index in [4.69, 9.17) is 18.1 Å². The monoisotopic (exact) mass is 255 g/mol. The summed E-state index contributed by atoms with van der Waals surface area (Å²) >= 11 is 5.36. The molecule has 0 saturated carbocycles. The predicted octanol–water partition coefficient (Wildman–Crippen LogP) is 2.65. The van der Waals surface area contributed by atoms with Crippen LogP contribution >= 0.6 is 12.2 Å². The molecule has 0 aromatic heterocycles. The van der Waals surface area contributed by atoms with Crippen molar-refractivity contribution in [3.8, 4) is 0 Å². The van der Waals surface area contributed by atoms with Crippen LogP contribution in [0.1, 0.15) is 5.56 Å². The number of hydrogen-bond acceptors (Lipinski definition) is 3. The highest BCUT2D eigenvalue weighted by Crippen LogP contribution is 2.32. The molecular formula is C14H13N3S. The number of para-hydroxylation sites is 2. The average molecular weight is 255 g/mol. The first-order valence-corrected chi connectivity index (χ1v) is 6.16. The van der Waals surface area contributed by atoms with Gasteiger partial charge in [0.2, 0.25) is 0 Å². The summed E-state index contributed by atoms with van der Waals surface area (Å²) in [6, 6.07) is 18.3. The summed E-state index contributed by atoms with van der Waals surface area (Å²) in [5.41, 5.74) is 3.23. The van der Waals surface area contributed by atoms with E-state index in [1.54, 1.807) is 5.01 Å². The zero-order chi connectivity index (χ0) is 12.5. The van der Waals surface area contributed by atoms with Crippen LogP contribution in [0.15, 0.2) is 54.6 Å². The van der Waals surface area contributed by atoms with Crippen molar-refractivity contribution >= 4 is 28.6 Å². The van der Waals surface area contributed by atoms with Crippen LogP contribution < -0.4 is 10.7 Å². The van der Waals surface area contributed by atoms with Gasteiger partial charge in [0.25, 0.3) is 0 Å². The molecule has 2 aromatic rings. The van der Waals surface area contributed by atoms with Crippen molar-refractivity contribution in [2.24, 2.45) is 5.84 Å². The Bertz CT molecular complexity index is 583. The molecular weight excluding hydrogens is 242 g/mol. The van der Waals surface area contributed by atoms with Crippen LogP contribution in [0.25, 0.3) is 0 Å². The second-order valence-corrected chi connectivity index (χ2v) is 4.58. The number of rotatable bonds is 1. The topological polar surface area (TPSA) is 32.5 Å². The molecule has 3 nitrogen and oxygen atoms in total. The Hall–Kier alpha value is -1.91. The standard InChI is InChI=1S/C14H13N3S/c15-17-10-16(11-6-2-1-3-7-11)13-9-5-4-8-12(13)14(17)18/h1-9H,10,15H2. The van der Waals surface area contributed by atoms with Crippen LogP contribution in [0.3, 0.4) is 0 Å². The van der Waals surface area contributed by atoms with Crippen molar-refractivity contribution in [1.82, 2.24) is 5.01 Å². The number of nitrogens with two attached hydrogens (primary N) is 1. The van der Waals surface area contributed by atoms with Crippen molar-refractivity contribution < 1.29 is 0 Å². The van der Waals surface area contributed by atoms with E-state index in [2.05, 4.69) is 23.1 Å². The highest BCUT2D eigenvalue weighted by Gasteiger charge is 2.24. The van der Waals surface area contributed by atoms with E-state index >= 15 is 0 Å². The number of fused-ring (bicyclic) bond motifs is 1. The van der Waals surface area contributed by atoms with Gasteiger partial charge in [0.1, 0.15) is 11.7 Å². The highest BCUT2D eigenvalue weighted by molar-refractivity contribution is 7.80. The fourth-order valence-electron chi connectivity index (χ4n) is 2.17. The minimum absolute atomic E-state index is 0.569. The molecule has 0 atom stereocenters. The van der Waals surface area contributed by atoms with Crippen LogP contribution in [0.4, 0.5) is 11.4 Å². The Morgan fingerprint density at radius 3 is 2.39 bits per heavy atom. The van der Waals surface area contributed by atoms with Gasteiger partial charge in [0, 0.05) is 11.3 Å².